The van der Waals surface area contributed by atoms with Gasteiger partial charge in [0.15, 0.2) is 18.1 Å². The number of benzene rings is 3. The van der Waals surface area contributed by atoms with Crippen molar-refractivity contribution in [3.63, 3.8) is 0 Å². The molecule has 3 aromatic carbocycles. The lowest BCUT2D eigenvalue weighted by atomic mass is 10.1. The van der Waals surface area contributed by atoms with Crippen LogP contribution in [0.5, 0.6) is 17.2 Å². The number of carboxylic acids is 1. The van der Waals surface area contributed by atoms with Gasteiger partial charge >= 0.3 is 5.97 Å². The van der Waals surface area contributed by atoms with E-state index in [9.17, 15) is 19.2 Å². The van der Waals surface area contributed by atoms with Crippen LogP contribution in [-0.2, 0) is 11.2 Å². The number of imide groups is 1. The maximum absolute atomic E-state index is 13.0. The highest BCUT2D eigenvalue weighted by molar-refractivity contribution is 6.22. The topological polar surface area (TPSA) is 131 Å². The Balaban J connectivity index is 1.42. The van der Waals surface area contributed by atoms with Gasteiger partial charge in [-0.3, -0.25) is 19.3 Å². The zero-order valence-electron chi connectivity index (χ0n) is 20.1. The lowest BCUT2D eigenvalue weighted by Gasteiger charge is -2.14. The third-order valence-electron chi connectivity index (χ3n) is 5.78. The number of carbonyl (C=O) groups is 4. The molecule has 0 bridgehead atoms. The Kier molecular flexibility index (Phi) is 7.38. The molecule has 0 atom stereocenters. The van der Waals surface area contributed by atoms with Crippen LogP contribution in [0.25, 0.3) is 0 Å². The Morgan fingerprint density at radius 3 is 2.24 bits per heavy atom. The van der Waals surface area contributed by atoms with E-state index < -0.39 is 30.3 Å². The minimum Gasteiger partial charge on any atom is -0.493 e. The van der Waals surface area contributed by atoms with E-state index >= 15 is 0 Å². The van der Waals surface area contributed by atoms with Gasteiger partial charge in [-0.25, -0.2) is 4.79 Å². The average Bonchev–Trinajstić information content (AvgIpc) is 3.15. The van der Waals surface area contributed by atoms with Crippen molar-refractivity contribution in [2.45, 2.75) is 6.42 Å². The van der Waals surface area contributed by atoms with Gasteiger partial charge in [0.05, 0.1) is 25.3 Å². The van der Waals surface area contributed by atoms with Gasteiger partial charge in [0.1, 0.15) is 5.75 Å². The van der Waals surface area contributed by atoms with Crippen LogP contribution < -0.4 is 19.5 Å². The van der Waals surface area contributed by atoms with Crippen LogP contribution in [0.1, 0.15) is 36.6 Å². The van der Waals surface area contributed by atoms with E-state index in [0.717, 1.165) is 5.56 Å². The second-order valence-corrected chi connectivity index (χ2v) is 8.12. The van der Waals surface area contributed by atoms with Gasteiger partial charge < -0.3 is 24.6 Å². The van der Waals surface area contributed by atoms with Crippen molar-refractivity contribution < 1.29 is 38.5 Å². The largest absolute Gasteiger partial charge is 0.493 e. The van der Waals surface area contributed by atoms with Gasteiger partial charge in [-0.2, -0.15) is 0 Å². The zero-order chi connectivity index (χ0) is 26.5. The lowest BCUT2D eigenvalue weighted by molar-refractivity contribution is -0.139. The fraction of sp³-hybridized carbons (Fsp3) is 0.185. The molecule has 0 aromatic heterocycles. The molecule has 37 heavy (non-hydrogen) atoms. The van der Waals surface area contributed by atoms with Gasteiger partial charge in [-0.15, -0.1) is 0 Å². The second kappa shape index (κ2) is 10.8. The SMILES string of the molecule is COc1ccc(CCN2C(=O)c3ccc(C(=O)Nc4ccc(OCC(=O)O)cc4)cc3C2=O)cc1OC. The van der Waals surface area contributed by atoms with Crippen LogP contribution in [0.4, 0.5) is 5.69 Å². The highest BCUT2D eigenvalue weighted by atomic mass is 16.5. The molecule has 3 amide bonds. The first kappa shape index (κ1) is 25.2. The molecule has 0 radical (unpaired) electrons. The van der Waals surface area contributed by atoms with E-state index in [0.29, 0.717) is 29.4 Å². The fourth-order valence-corrected chi connectivity index (χ4v) is 3.89. The minimum absolute atomic E-state index is 0.166. The van der Waals surface area contributed by atoms with Crippen LogP contribution in [0.3, 0.4) is 0 Å². The number of rotatable bonds is 10. The first-order valence-corrected chi connectivity index (χ1v) is 11.3. The molecule has 1 aliphatic rings. The predicted molar refractivity (Wildman–Crippen MR) is 133 cm³/mol. The number of hydrogen-bond donors (Lipinski definition) is 2. The molecule has 0 unspecified atom stereocenters. The number of hydrogen-bond acceptors (Lipinski definition) is 7. The Morgan fingerprint density at radius 1 is 0.865 bits per heavy atom. The molecule has 0 fully saturated rings. The molecule has 0 aliphatic carbocycles. The molecular formula is C27H24N2O8. The smallest absolute Gasteiger partial charge is 0.341 e. The monoisotopic (exact) mass is 504 g/mol. The van der Waals surface area contributed by atoms with Gasteiger partial charge in [-0.05, 0) is 66.6 Å². The third kappa shape index (κ3) is 5.53. The molecule has 4 rings (SSSR count). The molecule has 10 nitrogen and oxygen atoms in total. The van der Waals surface area contributed by atoms with Gasteiger partial charge in [0.25, 0.3) is 17.7 Å². The molecule has 1 aliphatic heterocycles. The van der Waals surface area contributed by atoms with Crippen LogP contribution in [0.15, 0.2) is 60.7 Å². The summed E-state index contributed by atoms with van der Waals surface area (Å²) in [5, 5.41) is 11.4. The van der Waals surface area contributed by atoms with Crippen LogP contribution >= 0.6 is 0 Å². The first-order chi connectivity index (χ1) is 17.8. The Hall–Kier alpha value is -4.86. The van der Waals surface area contributed by atoms with E-state index in [1.807, 2.05) is 6.07 Å². The normalized spacial score (nSPS) is 12.2. The predicted octanol–water partition coefficient (Wildman–Crippen LogP) is 3.26. The van der Waals surface area contributed by atoms with Crippen LogP contribution in [-0.4, -0.2) is 61.1 Å². The molecular weight excluding hydrogens is 480 g/mol. The number of fused-ring (bicyclic) bond motifs is 1. The molecule has 190 valence electrons. The number of methoxy groups -OCH3 is 2. The Morgan fingerprint density at radius 2 is 1.57 bits per heavy atom. The number of aliphatic carboxylic acids is 1. The highest BCUT2D eigenvalue weighted by Crippen LogP contribution is 2.29. The fourth-order valence-electron chi connectivity index (χ4n) is 3.89. The maximum atomic E-state index is 13.0. The van der Waals surface area contributed by atoms with Crippen molar-refractivity contribution in [1.29, 1.82) is 0 Å². The molecule has 1 heterocycles. The number of nitrogens with one attached hydrogen (secondary N) is 1. The molecule has 0 spiro atoms. The van der Waals surface area contributed by atoms with Gasteiger partial charge in [-0.1, -0.05) is 6.07 Å². The summed E-state index contributed by atoms with van der Waals surface area (Å²) in [6.45, 7) is -0.307. The van der Waals surface area contributed by atoms with E-state index in [1.54, 1.807) is 31.4 Å². The van der Waals surface area contributed by atoms with E-state index in [4.69, 9.17) is 19.3 Å². The summed E-state index contributed by atoms with van der Waals surface area (Å²) in [6.07, 6.45) is 0.422. The van der Waals surface area contributed by atoms with Gasteiger partial charge in [0.2, 0.25) is 0 Å². The average molecular weight is 504 g/mol. The number of ether oxygens (including phenoxy) is 3. The molecule has 3 aromatic rings. The third-order valence-corrected chi connectivity index (χ3v) is 5.78. The summed E-state index contributed by atoms with van der Waals surface area (Å²) < 4.78 is 15.6. The molecule has 0 saturated carbocycles. The number of anilines is 1. The van der Waals surface area contributed by atoms with Crippen LogP contribution in [0, 0.1) is 0 Å². The summed E-state index contributed by atoms with van der Waals surface area (Å²) in [6, 6.07) is 15.9. The number of nitrogens with zero attached hydrogens (tertiary/aromatic N) is 1. The van der Waals surface area contributed by atoms with Gasteiger partial charge in [0, 0.05) is 17.8 Å². The molecule has 0 saturated heterocycles. The van der Waals surface area contributed by atoms with Crippen molar-refractivity contribution in [3.8, 4) is 17.2 Å². The summed E-state index contributed by atoms with van der Waals surface area (Å²) in [7, 11) is 3.08. The number of amides is 3. The zero-order valence-corrected chi connectivity index (χ0v) is 20.1. The summed E-state index contributed by atoms with van der Waals surface area (Å²) in [4.78, 5) is 50.4. The number of carboxylic acid groups (broad SMARTS) is 1. The van der Waals surface area contributed by atoms with Crippen molar-refractivity contribution in [2.24, 2.45) is 0 Å². The maximum Gasteiger partial charge on any atom is 0.341 e. The quantitative estimate of drug-likeness (QED) is 0.402. The van der Waals surface area contributed by atoms with E-state index in [-0.39, 0.29) is 23.2 Å². The summed E-state index contributed by atoms with van der Waals surface area (Å²) in [5.74, 6) is -0.956. The Bertz CT molecular complexity index is 1370. The number of carbonyl (C=O) groups excluding carboxylic acids is 3. The lowest BCUT2D eigenvalue weighted by Crippen LogP contribution is -2.31. The Labute approximate surface area is 212 Å². The molecule has 2 N–H and O–H groups in total. The van der Waals surface area contributed by atoms with Crippen molar-refractivity contribution in [2.75, 3.05) is 32.7 Å². The summed E-state index contributed by atoms with van der Waals surface area (Å²) in [5.41, 5.74) is 1.95. The van der Waals surface area contributed by atoms with Crippen LogP contribution in [0.2, 0.25) is 0 Å². The molecule has 10 heteroatoms. The van der Waals surface area contributed by atoms with E-state index in [1.165, 1.54) is 42.3 Å². The van der Waals surface area contributed by atoms with Crippen molar-refractivity contribution in [3.05, 3.63) is 82.9 Å². The van der Waals surface area contributed by atoms with Crippen molar-refractivity contribution in [1.82, 2.24) is 4.90 Å². The van der Waals surface area contributed by atoms with Crippen molar-refractivity contribution >= 4 is 29.4 Å². The van der Waals surface area contributed by atoms with E-state index in [2.05, 4.69) is 5.32 Å². The highest BCUT2D eigenvalue weighted by Gasteiger charge is 2.35. The summed E-state index contributed by atoms with van der Waals surface area (Å²) >= 11 is 0. The second-order valence-electron chi connectivity index (χ2n) is 8.12. The first-order valence-electron chi connectivity index (χ1n) is 11.3. The minimum atomic E-state index is -1.10. The standard InChI is InChI=1S/C27H24N2O8/c1-35-22-10-3-16(13-23(22)36-2)11-12-29-26(33)20-9-4-17(14-21(20)27(29)34)25(32)28-18-5-7-19(8-6-18)37-15-24(30)31/h3-10,13-14H,11-12,15H2,1-2H3,(H,28,32)(H,30,31).